The number of hydrogen-bond acceptors (Lipinski definition) is 5. The molecule has 0 aliphatic rings. The van der Waals surface area contributed by atoms with Gasteiger partial charge < -0.3 is 0 Å². The number of benzene rings is 8. The Balaban J connectivity index is 1.06. The second kappa shape index (κ2) is 16.3. The molecule has 68 heavy (non-hydrogen) atoms. The van der Waals surface area contributed by atoms with Crippen LogP contribution in [0.3, 0.4) is 0 Å². The van der Waals surface area contributed by atoms with E-state index < -0.39 is 0 Å². The SMILES string of the molecule is c1ccc(-c2cc(-c3cccc(-c4nc(-c5ccccc5)nc(-n5c6ccccc6c6ccc7c8ccccc8n(-c8cccc(-c9ccccc9)n8)c7c65)n4)c3)cc(-c3ccccc3)n2)cc1. The Morgan fingerprint density at radius 1 is 0.250 bits per heavy atom. The lowest BCUT2D eigenvalue weighted by Crippen LogP contribution is -2.07. The van der Waals surface area contributed by atoms with Gasteiger partial charge in [-0.25, -0.2) is 15.0 Å². The number of aromatic nitrogens is 7. The van der Waals surface area contributed by atoms with Gasteiger partial charge in [-0.15, -0.1) is 0 Å². The van der Waals surface area contributed by atoms with Crippen molar-refractivity contribution in [2.75, 3.05) is 0 Å². The van der Waals surface area contributed by atoms with Gasteiger partial charge in [0.15, 0.2) is 11.6 Å². The van der Waals surface area contributed by atoms with E-state index in [-0.39, 0.29) is 0 Å². The van der Waals surface area contributed by atoms with Crippen LogP contribution >= 0.6 is 0 Å². The quantitative estimate of drug-likeness (QED) is 0.152. The molecule has 0 aliphatic heterocycles. The van der Waals surface area contributed by atoms with Crippen LogP contribution in [0.2, 0.25) is 0 Å². The van der Waals surface area contributed by atoms with Gasteiger partial charge in [-0.1, -0.05) is 194 Å². The fourth-order valence-corrected chi connectivity index (χ4v) is 9.62. The molecule has 0 unspecified atom stereocenters. The van der Waals surface area contributed by atoms with E-state index in [1.807, 2.05) is 36.4 Å². The zero-order chi connectivity index (χ0) is 45.0. The van der Waals surface area contributed by atoms with Crippen molar-refractivity contribution in [1.82, 2.24) is 34.1 Å². The van der Waals surface area contributed by atoms with Crippen LogP contribution in [0.25, 0.3) is 123 Å². The van der Waals surface area contributed by atoms with Crippen molar-refractivity contribution >= 4 is 43.6 Å². The average molecular weight is 870 g/mol. The topological polar surface area (TPSA) is 74.3 Å². The van der Waals surface area contributed by atoms with E-state index in [0.717, 1.165) is 105 Å². The van der Waals surface area contributed by atoms with Crippen LogP contribution in [0.4, 0.5) is 0 Å². The molecule has 0 atom stereocenters. The van der Waals surface area contributed by atoms with E-state index in [4.69, 9.17) is 24.9 Å². The molecule has 0 saturated heterocycles. The van der Waals surface area contributed by atoms with E-state index >= 15 is 0 Å². The Hall–Kier alpha value is -9.33. The van der Waals surface area contributed by atoms with Gasteiger partial charge in [0.1, 0.15) is 5.82 Å². The van der Waals surface area contributed by atoms with Gasteiger partial charge in [-0.2, -0.15) is 9.97 Å². The molecule has 13 rings (SSSR count). The first-order valence-corrected chi connectivity index (χ1v) is 22.8. The van der Waals surface area contributed by atoms with Crippen LogP contribution in [0.1, 0.15) is 0 Å². The Morgan fingerprint density at radius 2 is 0.706 bits per heavy atom. The molecule has 0 amide bonds. The molecule has 0 spiro atoms. The zero-order valence-corrected chi connectivity index (χ0v) is 36.6. The second-order valence-corrected chi connectivity index (χ2v) is 16.9. The first kappa shape index (κ1) is 39.1. The number of pyridine rings is 2. The zero-order valence-electron chi connectivity index (χ0n) is 36.6. The molecule has 318 valence electrons. The van der Waals surface area contributed by atoms with E-state index in [0.29, 0.717) is 17.6 Å². The first-order valence-electron chi connectivity index (χ1n) is 22.8. The Morgan fingerprint density at radius 3 is 1.31 bits per heavy atom. The van der Waals surface area contributed by atoms with Crippen molar-refractivity contribution in [1.29, 1.82) is 0 Å². The second-order valence-electron chi connectivity index (χ2n) is 16.9. The number of nitrogens with zero attached hydrogens (tertiary/aromatic N) is 7. The maximum atomic E-state index is 5.46. The first-order chi connectivity index (χ1) is 33.7. The number of rotatable bonds is 8. The van der Waals surface area contributed by atoms with Crippen molar-refractivity contribution in [2.45, 2.75) is 0 Å². The predicted octanol–water partition coefficient (Wildman–Crippen LogP) is 14.9. The summed E-state index contributed by atoms with van der Waals surface area (Å²) < 4.78 is 4.53. The monoisotopic (exact) mass is 869 g/mol. The van der Waals surface area contributed by atoms with Crippen LogP contribution in [0.15, 0.2) is 237 Å². The number of para-hydroxylation sites is 2. The summed E-state index contributed by atoms with van der Waals surface area (Å²) in [6.45, 7) is 0. The van der Waals surface area contributed by atoms with Gasteiger partial charge in [-0.05, 0) is 53.6 Å². The minimum absolute atomic E-state index is 0.516. The summed E-state index contributed by atoms with van der Waals surface area (Å²) in [6, 6.07) is 81.9. The molecule has 0 fully saturated rings. The Kier molecular flexibility index (Phi) is 9.35. The molecule has 13 aromatic rings. The van der Waals surface area contributed by atoms with Gasteiger partial charge in [-0.3, -0.25) is 9.13 Å². The van der Waals surface area contributed by atoms with Gasteiger partial charge >= 0.3 is 0 Å². The molecule has 5 heterocycles. The fourth-order valence-electron chi connectivity index (χ4n) is 9.62. The lowest BCUT2D eigenvalue weighted by atomic mass is 9.98. The maximum absolute atomic E-state index is 5.46. The van der Waals surface area contributed by atoms with Gasteiger partial charge in [0.2, 0.25) is 5.95 Å². The van der Waals surface area contributed by atoms with Crippen molar-refractivity contribution in [2.24, 2.45) is 0 Å². The summed E-state index contributed by atoms with van der Waals surface area (Å²) in [5.74, 6) is 2.48. The number of hydrogen-bond donors (Lipinski definition) is 0. The molecule has 0 aliphatic carbocycles. The fraction of sp³-hybridized carbons (Fsp3) is 0. The summed E-state index contributed by atoms with van der Waals surface area (Å²) in [5, 5.41) is 4.42. The summed E-state index contributed by atoms with van der Waals surface area (Å²) in [5.41, 5.74) is 13.7. The Bertz CT molecular complexity index is 3950. The highest BCUT2D eigenvalue weighted by molar-refractivity contribution is 6.23. The van der Waals surface area contributed by atoms with Gasteiger partial charge in [0.05, 0.1) is 39.1 Å². The molecule has 7 heteroatoms. The molecule has 5 aromatic heterocycles. The highest BCUT2D eigenvalue weighted by Crippen LogP contribution is 2.42. The van der Waals surface area contributed by atoms with Crippen molar-refractivity contribution < 1.29 is 0 Å². The van der Waals surface area contributed by atoms with Crippen LogP contribution < -0.4 is 0 Å². The largest absolute Gasteiger partial charge is 0.292 e. The average Bonchev–Trinajstić information content (AvgIpc) is 3.95. The van der Waals surface area contributed by atoms with E-state index in [2.05, 4.69) is 209 Å². The third-order valence-electron chi connectivity index (χ3n) is 12.8. The predicted molar refractivity (Wildman–Crippen MR) is 277 cm³/mol. The summed E-state index contributed by atoms with van der Waals surface area (Å²) >= 11 is 0. The highest BCUT2D eigenvalue weighted by atomic mass is 15.2. The standard InChI is InChI=1S/C61H39N7/c1-5-19-40(20-6-1)51-31-18-34-56(63-51)67-54-32-15-13-29-47(54)49-35-36-50-48-30-14-16-33-55(48)68(58(50)57(49)67)61-65-59(43-25-11-4-12-26-43)64-60(66-61)45-28-17-27-44(37-45)46-38-52(41-21-7-2-8-22-41)62-53(39-46)42-23-9-3-10-24-42/h1-39H. The molecular formula is C61H39N7. The lowest BCUT2D eigenvalue weighted by Gasteiger charge is -2.14. The minimum Gasteiger partial charge on any atom is -0.292 e. The summed E-state index contributed by atoms with van der Waals surface area (Å²) in [4.78, 5) is 26.6. The maximum Gasteiger partial charge on any atom is 0.238 e. The van der Waals surface area contributed by atoms with Crippen LogP contribution in [0, 0.1) is 0 Å². The third kappa shape index (κ3) is 6.72. The Labute approximate surface area is 392 Å². The molecule has 0 radical (unpaired) electrons. The molecule has 0 N–H and O–H groups in total. The van der Waals surface area contributed by atoms with Crippen molar-refractivity contribution in [3.05, 3.63) is 237 Å². The lowest BCUT2D eigenvalue weighted by molar-refractivity contribution is 0.952. The molecule has 8 aromatic carbocycles. The van der Waals surface area contributed by atoms with E-state index in [1.165, 1.54) is 0 Å². The van der Waals surface area contributed by atoms with Crippen molar-refractivity contribution in [3.8, 4) is 79.4 Å². The van der Waals surface area contributed by atoms with E-state index in [1.54, 1.807) is 0 Å². The minimum atomic E-state index is 0.516. The third-order valence-corrected chi connectivity index (χ3v) is 12.8. The van der Waals surface area contributed by atoms with Crippen LogP contribution in [0.5, 0.6) is 0 Å². The van der Waals surface area contributed by atoms with Crippen molar-refractivity contribution in [3.63, 3.8) is 0 Å². The smallest absolute Gasteiger partial charge is 0.238 e. The van der Waals surface area contributed by atoms with E-state index in [9.17, 15) is 0 Å². The summed E-state index contributed by atoms with van der Waals surface area (Å²) in [7, 11) is 0. The molecule has 0 bridgehead atoms. The normalized spacial score (nSPS) is 11.5. The van der Waals surface area contributed by atoms with Crippen LogP contribution in [-0.2, 0) is 0 Å². The number of fused-ring (bicyclic) bond motifs is 7. The molecular weight excluding hydrogens is 831 g/mol. The molecule has 7 nitrogen and oxygen atoms in total. The summed E-state index contributed by atoms with van der Waals surface area (Å²) in [6.07, 6.45) is 0. The molecule has 0 saturated carbocycles. The van der Waals surface area contributed by atoms with Gasteiger partial charge in [0.25, 0.3) is 0 Å². The van der Waals surface area contributed by atoms with Gasteiger partial charge in [0, 0.05) is 49.4 Å². The highest BCUT2D eigenvalue weighted by Gasteiger charge is 2.24. The van der Waals surface area contributed by atoms with Crippen LogP contribution in [-0.4, -0.2) is 34.1 Å².